The lowest BCUT2D eigenvalue weighted by atomic mass is 10.1. The first kappa shape index (κ1) is 14.7. The number of aliphatic carboxylic acids is 1. The lowest BCUT2D eigenvalue weighted by Gasteiger charge is -2.14. The van der Waals surface area contributed by atoms with Crippen molar-refractivity contribution in [3.8, 4) is 0 Å². The molecule has 1 aromatic heterocycles. The average Bonchev–Trinajstić information content (AvgIpc) is 2.73. The lowest BCUT2D eigenvalue weighted by molar-refractivity contribution is -0.139. The summed E-state index contributed by atoms with van der Waals surface area (Å²) in [7, 11) is 0. The lowest BCUT2D eigenvalue weighted by Crippen LogP contribution is -2.38. The van der Waals surface area contributed by atoms with Crippen molar-refractivity contribution in [1.82, 2.24) is 10.3 Å². The van der Waals surface area contributed by atoms with Crippen molar-refractivity contribution in [2.24, 2.45) is 0 Å². The Morgan fingerprint density at radius 3 is 2.60 bits per heavy atom. The number of nitrogens with zero attached hydrogens (tertiary/aromatic N) is 1. The fourth-order valence-electron chi connectivity index (χ4n) is 2.05. The van der Waals surface area contributed by atoms with E-state index in [9.17, 15) is 9.90 Å². The summed E-state index contributed by atoms with van der Waals surface area (Å²) in [6.07, 6.45) is 0.479. The standard InChI is InChI=1S/C15H18N2O2S/c1-10-14(20-11(2)17-10)9-16-13(15(18)19)8-12-6-4-3-5-7-12/h3-7,13,16H,8-9H2,1-2H3,(H,18,19)/t13-/m1/s1. The number of rotatable bonds is 6. The molecule has 1 aromatic carbocycles. The monoisotopic (exact) mass is 290 g/mol. The van der Waals surface area contributed by atoms with Gasteiger partial charge in [-0.1, -0.05) is 30.3 Å². The molecule has 0 aliphatic rings. The maximum absolute atomic E-state index is 11.3. The highest BCUT2D eigenvalue weighted by Crippen LogP contribution is 2.17. The second kappa shape index (κ2) is 6.63. The Morgan fingerprint density at radius 2 is 2.05 bits per heavy atom. The first-order valence-electron chi connectivity index (χ1n) is 6.49. The number of aryl methyl sites for hydroxylation is 2. The number of nitrogens with one attached hydrogen (secondary N) is 1. The van der Waals surface area contributed by atoms with Crippen LogP contribution in [-0.4, -0.2) is 22.1 Å². The quantitative estimate of drug-likeness (QED) is 0.858. The van der Waals surface area contributed by atoms with Crippen LogP contribution in [0, 0.1) is 13.8 Å². The third-order valence-corrected chi connectivity index (χ3v) is 4.16. The van der Waals surface area contributed by atoms with Crippen LogP contribution in [0.4, 0.5) is 0 Å². The van der Waals surface area contributed by atoms with Crippen LogP contribution in [0.3, 0.4) is 0 Å². The van der Waals surface area contributed by atoms with Crippen LogP contribution in [0.25, 0.3) is 0 Å². The van der Waals surface area contributed by atoms with Crippen molar-refractivity contribution in [2.75, 3.05) is 0 Å². The molecule has 0 bridgehead atoms. The van der Waals surface area contributed by atoms with E-state index >= 15 is 0 Å². The molecule has 2 aromatic rings. The molecule has 1 atom stereocenters. The minimum Gasteiger partial charge on any atom is -0.480 e. The predicted octanol–water partition coefficient (Wildman–Crippen LogP) is 2.55. The van der Waals surface area contributed by atoms with Gasteiger partial charge in [-0.25, -0.2) is 4.98 Å². The van der Waals surface area contributed by atoms with E-state index in [0.717, 1.165) is 21.1 Å². The van der Waals surface area contributed by atoms with Gasteiger partial charge in [0.05, 0.1) is 10.7 Å². The maximum Gasteiger partial charge on any atom is 0.321 e. The molecular weight excluding hydrogens is 272 g/mol. The number of aromatic nitrogens is 1. The number of carbonyl (C=O) groups is 1. The SMILES string of the molecule is Cc1nc(C)c(CN[C@H](Cc2ccccc2)C(=O)O)s1. The summed E-state index contributed by atoms with van der Waals surface area (Å²) in [5, 5.41) is 13.4. The van der Waals surface area contributed by atoms with Gasteiger partial charge in [0, 0.05) is 11.4 Å². The summed E-state index contributed by atoms with van der Waals surface area (Å²) < 4.78 is 0. The molecule has 20 heavy (non-hydrogen) atoms. The first-order valence-corrected chi connectivity index (χ1v) is 7.31. The highest BCUT2D eigenvalue weighted by molar-refractivity contribution is 7.11. The molecule has 1 heterocycles. The van der Waals surface area contributed by atoms with Gasteiger partial charge in [-0.05, 0) is 25.8 Å². The highest BCUT2D eigenvalue weighted by atomic mass is 32.1. The van der Waals surface area contributed by atoms with Crippen LogP contribution in [-0.2, 0) is 17.8 Å². The summed E-state index contributed by atoms with van der Waals surface area (Å²) >= 11 is 1.61. The van der Waals surface area contributed by atoms with E-state index in [1.165, 1.54) is 0 Å². The van der Waals surface area contributed by atoms with Crippen LogP contribution in [0.2, 0.25) is 0 Å². The fraction of sp³-hybridized carbons (Fsp3) is 0.333. The number of carboxylic acids is 1. The molecule has 0 aliphatic carbocycles. The van der Waals surface area contributed by atoms with Crippen molar-refractivity contribution in [3.63, 3.8) is 0 Å². The predicted molar refractivity (Wildman–Crippen MR) is 80.0 cm³/mol. The first-order chi connectivity index (χ1) is 9.56. The number of hydrogen-bond donors (Lipinski definition) is 2. The normalized spacial score (nSPS) is 12.3. The molecule has 2 N–H and O–H groups in total. The number of benzene rings is 1. The van der Waals surface area contributed by atoms with Crippen molar-refractivity contribution >= 4 is 17.3 Å². The van der Waals surface area contributed by atoms with Crippen molar-refractivity contribution in [2.45, 2.75) is 32.9 Å². The molecule has 5 heteroatoms. The van der Waals surface area contributed by atoms with E-state index in [2.05, 4.69) is 10.3 Å². The van der Waals surface area contributed by atoms with Gasteiger partial charge in [0.25, 0.3) is 0 Å². The maximum atomic E-state index is 11.3. The van der Waals surface area contributed by atoms with E-state index in [1.54, 1.807) is 11.3 Å². The number of hydrogen-bond acceptors (Lipinski definition) is 4. The summed E-state index contributed by atoms with van der Waals surface area (Å²) in [5.74, 6) is -0.826. The van der Waals surface area contributed by atoms with Crippen molar-refractivity contribution < 1.29 is 9.90 Å². The minimum absolute atomic E-state index is 0.479. The second-order valence-electron chi connectivity index (χ2n) is 4.70. The molecule has 0 saturated carbocycles. The molecule has 2 rings (SSSR count). The van der Waals surface area contributed by atoms with Crippen LogP contribution in [0.15, 0.2) is 30.3 Å². The van der Waals surface area contributed by atoms with E-state index in [4.69, 9.17) is 0 Å². The van der Waals surface area contributed by atoms with E-state index in [1.807, 2.05) is 44.2 Å². The number of thiazole rings is 1. The van der Waals surface area contributed by atoms with Crippen LogP contribution < -0.4 is 5.32 Å². The van der Waals surface area contributed by atoms with E-state index in [0.29, 0.717) is 13.0 Å². The van der Waals surface area contributed by atoms with Gasteiger partial charge in [-0.2, -0.15) is 0 Å². The van der Waals surface area contributed by atoms with Gasteiger partial charge in [0.15, 0.2) is 0 Å². The van der Waals surface area contributed by atoms with Crippen molar-refractivity contribution in [3.05, 3.63) is 51.5 Å². The molecular formula is C15H18N2O2S. The van der Waals surface area contributed by atoms with Gasteiger partial charge >= 0.3 is 5.97 Å². The number of carboxylic acid groups (broad SMARTS) is 1. The molecule has 0 saturated heterocycles. The summed E-state index contributed by atoms with van der Waals surface area (Å²) in [6, 6.07) is 9.07. The van der Waals surface area contributed by atoms with Gasteiger partial charge in [-0.3, -0.25) is 10.1 Å². The average molecular weight is 290 g/mol. The summed E-state index contributed by atoms with van der Waals surface area (Å²) in [6.45, 7) is 4.45. The van der Waals surface area contributed by atoms with Gasteiger partial charge in [-0.15, -0.1) is 11.3 Å². The molecule has 0 fully saturated rings. The summed E-state index contributed by atoms with van der Waals surface area (Å²) in [4.78, 5) is 16.8. The molecule has 0 amide bonds. The van der Waals surface area contributed by atoms with Crippen LogP contribution >= 0.6 is 11.3 Å². The zero-order chi connectivity index (χ0) is 14.5. The van der Waals surface area contributed by atoms with E-state index in [-0.39, 0.29) is 0 Å². The van der Waals surface area contributed by atoms with E-state index < -0.39 is 12.0 Å². The second-order valence-corrected chi connectivity index (χ2v) is 5.99. The molecule has 0 aliphatic heterocycles. The Morgan fingerprint density at radius 1 is 1.35 bits per heavy atom. The topological polar surface area (TPSA) is 62.2 Å². The molecule has 0 spiro atoms. The Labute approximate surface area is 122 Å². The van der Waals surface area contributed by atoms with Crippen LogP contribution in [0.1, 0.15) is 21.1 Å². The summed E-state index contributed by atoms with van der Waals surface area (Å²) in [5.41, 5.74) is 1.99. The zero-order valence-electron chi connectivity index (χ0n) is 11.6. The van der Waals surface area contributed by atoms with Gasteiger partial charge in [0.2, 0.25) is 0 Å². The minimum atomic E-state index is -0.826. The Balaban J connectivity index is 2.00. The van der Waals surface area contributed by atoms with Crippen LogP contribution in [0.5, 0.6) is 0 Å². The largest absolute Gasteiger partial charge is 0.480 e. The Hall–Kier alpha value is -1.72. The third-order valence-electron chi connectivity index (χ3n) is 3.09. The zero-order valence-corrected chi connectivity index (χ0v) is 12.4. The fourth-order valence-corrected chi connectivity index (χ4v) is 2.94. The van der Waals surface area contributed by atoms with Gasteiger partial charge < -0.3 is 5.11 Å². The molecule has 4 nitrogen and oxygen atoms in total. The Bertz CT molecular complexity index is 581. The molecule has 0 unspecified atom stereocenters. The van der Waals surface area contributed by atoms with Gasteiger partial charge in [0.1, 0.15) is 6.04 Å². The highest BCUT2D eigenvalue weighted by Gasteiger charge is 2.18. The Kier molecular flexibility index (Phi) is 4.87. The smallest absolute Gasteiger partial charge is 0.321 e. The third kappa shape index (κ3) is 3.88. The molecule has 106 valence electrons. The molecule has 0 radical (unpaired) electrons. The van der Waals surface area contributed by atoms with Crippen molar-refractivity contribution in [1.29, 1.82) is 0 Å².